The van der Waals surface area contributed by atoms with Gasteiger partial charge in [-0.15, -0.1) is 0 Å². The summed E-state index contributed by atoms with van der Waals surface area (Å²) in [5.41, 5.74) is 0.517. The Labute approximate surface area is 198 Å². The molecule has 2 amide bonds. The van der Waals surface area contributed by atoms with Crippen molar-refractivity contribution >= 4 is 22.7 Å². The third-order valence-corrected chi connectivity index (χ3v) is 5.46. The lowest BCUT2D eigenvalue weighted by molar-refractivity contribution is -0.122. The number of fused-ring (bicyclic) bond motifs is 1. The van der Waals surface area contributed by atoms with E-state index in [1.165, 1.54) is 4.57 Å². The zero-order valence-corrected chi connectivity index (χ0v) is 20.0. The molecule has 0 atom stereocenters. The van der Waals surface area contributed by atoms with E-state index < -0.39 is 11.2 Å². The Balaban J connectivity index is 1.92. The van der Waals surface area contributed by atoms with E-state index in [0.717, 1.165) is 29.4 Å². The van der Waals surface area contributed by atoms with Gasteiger partial charge in [0.2, 0.25) is 11.8 Å². The van der Waals surface area contributed by atoms with Crippen LogP contribution in [0.4, 0.5) is 0 Å². The molecule has 180 valence electrons. The molecule has 2 aromatic carbocycles. The average Bonchev–Trinajstić information content (AvgIpc) is 2.80. The number of rotatable bonds is 10. The first-order valence-corrected chi connectivity index (χ1v) is 11.7. The summed E-state index contributed by atoms with van der Waals surface area (Å²) >= 11 is 0. The average molecular weight is 465 g/mol. The Hall–Kier alpha value is -3.68. The van der Waals surface area contributed by atoms with Crippen molar-refractivity contribution in [2.75, 3.05) is 6.54 Å². The smallest absolute Gasteiger partial charge is 0.336 e. The molecule has 3 rings (SSSR count). The van der Waals surface area contributed by atoms with E-state index in [2.05, 4.69) is 17.6 Å². The van der Waals surface area contributed by atoms with Crippen molar-refractivity contribution in [2.45, 2.75) is 59.0 Å². The minimum Gasteiger partial charge on any atom is -0.356 e. The van der Waals surface area contributed by atoms with E-state index >= 15 is 0 Å². The second-order valence-electron chi connectivity index (χ2n) is 8.65. The van der Waals surface area contributed by atoms with Crippen molar-refractivity contribution in [3.8, 4) is 5.69 Å². The fourth-order valence-corrected chi connectivity index (χ4v) is 3.83. The number of benzene rings is 2. The summed E-state index contributed by atoms with van der Waals surface area (Å²) in [7, 11) is 0. The van der Waals surface area contributed by atoms with Crippen LogP contribution >= 0.6 is 0 Å². The van der Waals surface area contributed by atoms with Gasteiger partial charge in [-0.3, -0.25) is 19.0 Å². The number of para-hydroxylation sites is 1. The molecule has 0 saturated carbocycles. The lowest BCUT2D eigenvalue weighted by atomic mass is 10.1. The van der Waals surface area contributed by atoms with Crippen LogP contribution in [0.15, 0.2) is 58.1 Å². The standard InChI is InChI=1S/C26H32N4O4/c1-4-5-8-15-27-23(31)16-19-11-13-20(14-12-19)30-25(33)21-9-6-7-10-22(21)29(26(30)34)17-24(32)28-18(2)3/h6-7,9-14,18H,4-5,8,15-17H2,1-3H3,(H,27,31)(H,28,32). The SMILES string of the molecule is CCCCCNC(=O)Cc1ccc(-n2c(=O)c3ccccc3n(CC(=O)NC(C)C)c2=O)cc1. The van der Waals surface area contributed by atoms with Gasteiger partial charge in [0, 0.05) is 12.6 Å². The summed E-state index contributed by atoms with van der Waals surface area (Å²) in [5, 5.41) is 6.03. The molecular weight excluding hydrogens is 432 g/mol. The van der Waals surface area contributed by atoms with Crippen LogP contribution in [0.1, 0.15) is 45.6 Å². The van der Waals surface area contributed by atoms with E-state index in [1.807, 2.05) is 13.8 Å². The van der Waals surface area contributed by atoms with Gasteiger partial charge in [0.25, 0.3) is 5.56 Å². The molecule has 0 aliphatic rings. The molecule has 1 heterocycles. The number of hydrogen-bond acceptors (Lipinski definition) is 4. The fourth-order valence-electron chi connectivity index (χ4n) is 3.83. The highest BCUT2D eigenvalue weighted by molar-refractivity contribution is 5.82. The monoisotopic (exact) mass is 464 g/mol. The number of hydrogen-bond donors (Lipinski definition) is 2. The molecule has 1 aromatic heterocycles. The quantitative estimate of drug-likeness (QED) is 0.450. The zero-order valence-electron chi connectivity index (χ0n) is 20.0. The van der Waals surface area contributed by atoms with Crippen molar-refractivity contribution < 1.29 is 9.59 Å². The van der Waals surface area contributed by atoms with Gasteiger partial charge >= 0.3 is 5.69 Å². The van der Waals surface area contributed by atoms with Crippen molar-refractivity contribution in [3.05, 3.63) is 74.9 Å². The molecule has 0 saturated heterocycles. The molecule has 3 aromatic rings. The Kier molecular flexibility index (Phi) is 8.40. The minimum atomic E-state index is -0.593. The Bertz CT molecular complexity index is 1270. The number of nitrogens with one attached hydrogen (secondary N) is 2. The molecule has 8 heteroatoms. The number of nitrogens with zero attached hydrogens (tertiary/aromatic N) is 2. The highest BCUT2D eigenvalue weighted by Crippen LogP contribution is 2.12. The first-order valence-electron chi connectivity index (χ1n) is 11.7. The Morgan fingerprint density at radius 2 is 1.65 bits per heavy atom. The summed E-state index contributed by atoms with van der Waals surface area (Å²) in [6.45, 7) is 6.24. The van der Waals surface area contributed by atoms with Crippen LogP contribution in [0.5, 0.6) is 0 Å². The summed E-state index contributed by atoms with van der Waals surface area (Å²) in [4.78, 5) is 51.1. The van der Waals surface area contributed by atoms with Crippen molar-refractivity contribution in [2.24, 2.45) is 0 Å². The van der Waals surface area contributed by atoms with Gasteiger partial charge in [-0.2, -0.15) is 0 Å². The van der Waals surface area contributed by atoms with Gasteiger partial charge in [-0.1, -0.05) is 44.0 Å². The predicted molar refractivity (Wildman–Crippen MR) is 133 cm³/mol. The van der Waals surface area contributed by atoms with Crippen LogP contribution in [-0.4, -0.2) is 33.5 Å². The number of carbonyl (C=O) groups excluding carboxylic acids is 2. The van der Waals surface area contributed by atoms with E-state index in [4.69, 9.17) is 0 Å². The minimum absolute atomic E-state index is 0.0646. The highest BCUT2D eigenvalue weighted by atomic mass is 16.2. The van der Waals surface area contributed by atoms with E-state index in [-0.39, 0.29) is 30.8 Å². The number of aromatic nitrogens is 2. The van der Waals surface area contributed by atoms with Gasteiger partial charge in [-0.25, -0.2) is 9.36 Å². The summed E-state index contributed by atoms with van der Waals surface area (Å²) < 4.78 is 2.38. The molecule has 8 nitrogen and oxygen atoms in total. The topological polar surface area (TPSA) is 102 Å². The third kappa shape index (κ3) is 6.01. The molecule has 0 aliphatic heterocycles. The molecular formula is C26H32N4O4. The van der Waals surface area contributed by atoms with Crippen molar-refractivity contribution in [1.82, 2.24) is 19.8 Å². The van der Waals surface area contributed by atoms with Gasteiger partial charge in [0.1, 0.15) is 6.54 Å². The van der Waals surface area contributed by atoms with Crippen LogP contribution in [0.2, 0.25) is 0 Å². The maximum atomic E-state index is 13.3. The first kappa shape index (κ1) is 25.0. The van der Waals surface area contributed by atoms with Crippen LogP contribution in [-0.2, 0) is 22.6 Å². The molecule has 2 N–H and O–H groups in total. The molecule has 34 heavy (non-hydrogen) atoms. The molecule has 0 unspecified atom stereocenters. The molecule has 0 bridgehead atoms. The summed E-state index contributed by atoms with van der Waals surface area (Å²) in [5.74, 6) is -0.377. The van der Waals surface area contributed by atoms with E-state index in [1.54, 1.807) is 48.5 Å². The largest absolute Gasteiger partial charge is 0.356 e. The van der Waals surface area contributed by atoms with E-state index in [9.17, 15) is 19.2 Å². The lowest BCUT2D eigenvalue weighted by Gasteiger charge is -2.15. The van der Waals surface area contributed by atoms with Gasteiger partial charge in [0.15, 0.2) is 0 Å². The van der Waals surface area contributed by atoms with E-state index in [0.29, 0.717) is 23.1 Å². The Morgan fingerprint density at radius 3 is 2.32 bits per heavy atom. The fraction of sp³-hybridized carbons (Fsp3) is 0.385. The molecule has 0 radical (unpaired) electrons. The number of amides is 2. The van der Waals surface area contributed by atoms with Crippen molar-refractivity contribution in [1.29, 1.82) is 0 Å². The molecule has 0 spiro atoms. The van der Waals surface area contributed by atoms with Crippen LogP contribution in [0.25, 0.3) is 16.6 Å². The summed E-state index contributed by atoms with van der Waals surface area (Å²) in [6, 6.07) is 13.4. The first-order chi connectivity index (χ1) is 16.3. The number of carbonyl (C=O) groups is 2. The van der Waals surface area contributed by atoms with Crippen molar-refractivity contribution in [3.63, 3.8) is 0 Å². The second-order valence-corrected chi connectivity index (χ2v) is 8.65. The van der Waals surface area contributed by atoms with Gasteiger partial charge in [-0.05, 0) is 50.1 Å². The predicted octanol–water partition coefficient (Wildman–Crippen LogP) is 2.53. The maximum Gasteiger partial charge on any atom is 0.336 e. The normalized spacial score (nSPS) is 11.1. The number of unbranched alkanes of at least 4 members (excludes halogenated alkanes) is 2. The van der Waals surface area contributed by atoms with Gasteiger partial charge < -0.3 is 10.6 Å². The summed E-state index contributed by atoms with van der Waals surface area (Å²) in [6.07, 6.45) is 3.34. The maximum absolute atomic E-state index is 13.3. The van der Waals surface area contributed by atoms with Crippen LogP contribution < -0.4 is 21.9 Å². The highest BCUT2D eigenvalue weighted by Gasteiger charge is 2.17. The third-order valence-electron chi connectivity index (χ3n) is 5.46. The van der Waals surface area contributed by atoms with Gasteiger partial charge in [0.05, 0.1) is 23.0 Å². The molecule has 0 fully saturated rings. The lowest BCUT2D eigenvalue weighted by Crippen LogP contribution is -2.42. The second kappa shape index (κ2) is 11.4. The van der Waals surface area contributed by atoms with Crippen LogP contribution in [0, 0.1) is 0 Å². The Morgan fingerprint density at radius 1 is 0.941 bits per heavy atom. The molecule has 0 aliphatic carbocycles. The zero-order chi connectivity index (χ0) is 24.7. The van der Waals surface area contributed by atoms with Crippen LogP contribution in [0.3, 0.4) is 0 Å².